The number of amides is 1. The minimum Gasteiger partial charge on any atom is -0.494 e. The molecule has 6 nitrogen and oxygen atoms in total. The molecule has 0 radical (unpaired) electrons. The predicted molar refractivity (Wildman–Crippen MR) is 140 cm³/mol. The van der Waals surface area contributed by atoms with Crippen LogP contribution >= 0.6 is 11.3 Å². The summed E-state index contributed by atoms with van der Waals surface area (Å²) in [4.78, 5) is 25.5. The van der Waals surface area contributed by atoms with E-state index in [4.69, 9.17) is 9.47 Å². The van der Waals surface area contributed by atoms with Crippen LogP contribution in [-0.4, -0.2) is 25.6 Å². The number of ether oxygens (including phenoxy) is 2. The summed E-state index contributed by atoms with van der Waals surface area (Å²) in [5.74, 6) is -0.424. The second-order valence-electron chi connectivity index (χ2n) is 7.79. The number of benzene rings is 2. The summed E-state index contributed by atoms with van der Waals surface area (Å²) in [6, 6.07) is 17.0. The van der Waals surface area contributed by atoms with Gasteiger partial charge in [-0.1, -0.05) is 56.7 Å². The molecule has 0 spiro atoms. The highest BCUT2D eigenvalue weighted by Crippen LogP contribution is 2.36. The molecule has 1 aromatic heterocycles. The molecule has 0 unspecified atom stereocenters. The molecule has 2 aromatic carbocycles. The smallest absolute Gasteiger partial charge is 0.341 e. The number of hydrogen-bond donors (Lipinski definition) is 1. The van der Waals surface area contributed by atoms with Crippen LogP contribution in [0, 0.1) is 11.3 Å². The van der Waals surface area contributed by atoms with Crippen molar-refractivity contribution in [3.8, 4) is 22.9 Å². The number of nitrogens with zero attached hydrogens (tertiary/aromatic N) is 1. The summed E-state index contributed by atoms with van der Waals surface area (Å²) >= 11 is 1.21. The van der Waals surface area contributed by atoms with Gasteiger partial charge in [-0.2, -0.15) is 5.26 Å². The molecule has 0 fully saturated rings. The summed E-state index contributed by atoms with van der Waals surface area (Å²) in [5, 5.41) is 14.4. The van der Waals surface area contributed by atoms with Crippen LogP contribution in [0.3, 0.4) is 0 Å². The number of nitrogens with one attached hydrogen (secondary N) is 1. The lowest BCUT2D eigenvalue weighted by atomic mass is 10.0. The van der Waals surface area contributed by atoms with Crippen molar-refractivity contribution in [2.45, 2.75) is 33.1 Å². The summed E-state index contributed by atoms with van der Waals surface area (Å²) in [5.41, 5.74) is 3.57. The number of thiophene rings is 1. The quantitative estimate of drug-likeness (QED) is 0.153. The van der Waals surface area contributed by atoms with Gasteiger partial charge in [-0.25, -0.2) is 4.79 Å². The van der Waals surface area contributed by atoms with Gasteiger partial charge in [0, 0.05) is 10.9 Å². The number of carbonyl (C=O) groups excluding carboxylic acids is 2. The highest BCUT2D eigenvalue weighted by atomic mass is 32.1. The second kappa shape index (κ2) is 12.5. The Morgan fingerprint density at radius 3 is 2.40 bits per heavy atom. The molecule has 0 bridgehead atoms. The maximum atomic E-state index is 12.9. The second-order valence-corrected chi connectivity index (χ2v) is 8.67. The van der Waals surface area contributed by atoms with E-state index in [-0.39, 0.29) is 11.1 Å². The Morgan fingerprint density at radius 1 is 1.09 bits per heavy atom. The molecular weight excluding hydrogens is 460 g/mol. The van der Waals surface area contributed by atoms with E-state index in [9.17, 15) is 14.9 Å². The molecule has 35 heavy (non-hydrogen) atoms. The minimum atomic E-state index is -0.601. The first-order valence-electron chi connectivity index (χ1n) is 11.5. The molecule has 180 valence electrons. The first-order valence-corrected chi connectivity index (χ1v) is 12.3. The van der Waals surface area contributed by atoms with Crippen molar-refractivity contribution in [3.05, 3.63) is 76.2 Å². The fourth-order valence-corrected chi connectivity index (χ4v) is 4.32. The highest BCUT2D eigenvalue weighted by Gasteiger charge is 2.23. The number of rotatable bonds is 10. The number of nitriles is 1. The number of methoxy groups -OCH3 is 1. The van der Waals surface area contributed by atoms with Crippen LogP contribution < -0.4 is 10.1 Å². The summed E-state index contributed by atoms with van der Waals surface area (Å²) in [7, 11) is 1.30. The summed E-state index contributed by atoms with van der Waals surface area (Å²) in [6.07, 6.45) is 4.44. The average Bonchev–Trinajstić information content (AvgIpc) is 3.31. The first kappa shape index (κ1) is 25.7. The van der Waals surface area contributed by atoms with E-state index in [2.05, 4.69) is 19.2 Å². The third kappa shape index (κ3) is 6.58. The van der Waals surface area contributed by atoms with Gasteiger partial charge < -0.3 is 14.8 Å². The lowest BCUT2D eigenvalue weighted by Crippen LogP contribution is -2.15. The van der Waals surface area contributed by atoms with Crippen molar-refractivity contribution in [1.29, 1.82) is 5.26 Å². The summed E-state index contributed by atoms with van der Waals surface area (Å²) in [6.45, 7) is 4.81. The molecule has 0 aliphatic carbocycles. The van der Waals surface area contributed by atoms with Gasteiger partial charge in [0.2, 0.25) is 0 Å². The fourth-order valence-electron chi connectivity index (χ4n) is 3.37. The maximum Gasteiger partial charge on any atom is 0.341 e. The SMILES string of the molecule is CCCCOc1ccc(/C=C(\C#N)C(=O)Nc2scc(-c3ccc(CC)cc3)c2C(=O)OC)cc1. The number of unbranched alkanes of at least 4 members (excludes halogenated alkanes) is 1. The van der Waals surface area contributed by atoms with Gasteiger partial charge in [-0.3, -0.25) is 4.79 Å². The lowest BCUT2D eigenvalue weighted by Gasteiger charge is -2.08. The van der Waals surface area contributed by atoms with Crippen molar-refractivity contribution in [2.24, 2.45) is 0 Å². The van der Waals surface area contributed by atoms with Gasteiger partial charge in [-0.15, -0.1) is 11.3 Å². The molecular formula is C28H28N2O4S. The number of aryl methyl sites for hydroxylation is 1. The third-order valence-corrected chi connectivity index (χ3v) is 6.30. The Labute approximate surface area is 209 Å². The number of carbonyl (C=O) groups is 2. The molecule has 0 aliphatic rings. The molecule has 1 N–H and O–H groups in total. The van der Waals surface area contributed by atoms with Gasteiger partial charge in [-0.05, 0) is 47.7 Å². The number of anilines is 1. The van der Waals surface area contributed by atoms with E-state index in [1.54, 1.807) is 29.6 Å². The fraction of sp³-hybridized carbons (Fsp3) is 0.250. The monoisotopic (exact) mass is 488 g/mol. The van der Waals surface area contributed by atoms with Gasteiger partial charge in [0.1, 0.15) is 28.0 Å². The van der Waals surface area contributed by atoms with Crippen LogP contribution in [0.4, 0.5) is 5.00 Å². The van der Waals surface area contributed by atoms with E-state index in [1.165, 1.54) is 30.1 Å². The zero-order valence-electron chi connectivity index (χ0n) is 20.1. The van der Waals surface area contributed by atoms with Crippen molar-refractivity contribution in [2.75, 3.05) is 19.0 Å². The van der Waals surface area contributed by atoms with Crippen LogP contribution in [0.2, 0.25) is 0 Å². The van der Waals surface area contributed by atoms with Crippen LogP contribution in [0.25, 0.3) is 17.2 Å². The molecule has 0 saturated heterocycles. The van der Waals surface area contributed by atoms with Crippen molar-refractivity contribution < 1.29 is 19.1 Å². The molecule has 3 aromatic rings. The van der Waals surface area contributed by atoms with E-state index < -0.39 is 11.9 Å². The molecule has 1 heterocycles. The maximum absolute atomic E-state index is 12.9. The van der Waals surface area contributed by atoms with E-state index >= 15 is 0 Å². The largest absolute Gasteiger partial charge is 0.494 e. The van der Waals surface area contributed by atoms with Gasteiger partial charge >= 0.3 is 5.97 Å². The zero-order valence-corrected chi connectivity index (χ0v) is 20.9. The van der Waals surface area contributed by atoms with Crippen LogP contribution in [0.15, 0.2) is 59.5 Å². The van der Waals surface area contributed by atoms with Gasteiger partial charge in [0.15, 0.2) is 0 Å². The van der Waals surface area contributed by atoms with E-state index in [0.717, 1.165) is 30.6 Å². The lowest BCUT2D eigenvalue weighted by molar-refractivity contribution is -0.112. The Morgan fingerprint density at radius 2 is 1.80 bits per heavy atom. The van der Waals surface area contributed by atoms with Crippen LogP contribution in [0.5, 0.6) is 5.75 Å². The minimum absolute atomic E-state index is 0.0808. The Bertz CT molecular complexity index is 1240. The number of hydrogen-bond acceptors (Lipinski definition) is 6. The van der Waals surface area contributed by atoms with Crippen LogP contribution in [0.1, 0.15) is 48.2 Å². The van der Waals surface area contributed by atoms with E-state index in [0.29, 0.717) is 22.7 Å². The van der Waals surface area contributed by atoms with Crippen molar-refractivity contribution in [3.63, 3.8) is 0 Å². The Hall–Kier alpha value is -3.89. The Balaban J connectivity index is 1.82. The zero-order chi connectivity index (χ0) is 25.2. The molecule has 3 rings (SSSR count). The van der Waals surface area contributed by atoms with Gasteiger partial charge in [0.05, 0.1) is 13.7 Å². The van der Waals surface area contributed by atoms with E-state index in [1.807, 2.05) is 30.3 Å². The van der Waals surface area contributed by atoms with Crippen LogP contribution in [-0.2, 0) is 16.0 Å². The topological polar surface area (TPSA) is 88.4 Å². The summed E-state index contributed by atoms with van der Waals surface area (Å²) < 4.78 is 10.6. The van der Waals surface area contributed by atoms with Gasteiger partial charge in [0.25, 0.3) is 5.91 Å². The third-order valence-electron chi connectivity index (χ3n) is 5.40. The molecule has 0 aliphatic heterocycles. The molecule has 0 saturated carbocycles. The predicted octanol–water partition coefficient (Wildman–Crippen LogP) is 6.49. The molecule has 7 heteroatoms. The first-order chi connectivity index (χ1) is 17.0. The highest BCUT2D eigenvalue weighted by molar-refractivity contribution is 7.15. The Kier molecular flexibility index (Phi) is 9.22. The van der Waals surface area contributed by atoms with Crippen molar-refractivity contribution in [1.82, 2.24) is 0 Å². The number of esters is 1. The molecule has 0 atom stereocenters. The average molecular weight is 489 g/mol. The van der Waals surface area contributed by atoms with Crippen molar-refractivity contribution >= 4 is 34.3 Å². The molecule has 1 amide bonds. The standard InChI is InChI=1S/C28H28N2O4S/c1-4-6-15-34-23-13-9-20(10-14-23)16-22(17-29)26(31)30-27-25(28(32)33-3)24(18-35-27)21-11-7-19(5-2)8-12-21/h7-14,16,18H,4-6,15H2,1-3H3,(H,30,31)/b22-16+. The normalized spacial score (nSPS) is 11.0.